The maximum Gasteiger partial charge on any atom is 0.343 e. The molecule has 0 bridgehead atoms. The Bertz CT molecular complexity index is 1400. The number of carbonyl (C=O) groups excluding carboxylic acids is 3. The summed E-state index contributed by atoms with van der Waals surface area (Å²) in [7, 11) is 5.76. The summed E-state index contributed by atoms with van der Waals surface area (Å²) in [6, 6.07) is 14.4. The molecule has 0 aliphatic carbocycles. The lowest BCUT2D eigenvalue weighted by Gasteiger charge is -2.14. The van der Waals surface area contributed by atoms with Crippen LogP contribution in [-0.4, -0.2) is 65.6 Å². The van der Waals surface area contributed by atoms with Gasteiger partial charge >= 0.3 is 5.97 Å². The van der Waals surface area contributed by atoms with Crippen LogP contribution in [0.3, 0.4) is 0 Å². The number of carbonyl (C=O) groups is 3. The first-order valence-corrected chi connectivity index (χ1v) is 12.9. The fourth-order valence-electron chi connectivity index (χ4n) is 3.61. The van der Waals surface area contributed by atoms with Crippen molar-refractivity contribution in [3.8, 4) is 34.5 Å². The van der Waals surface area contributed by atoms with Crippen molar-refractivity contribution >= 4 is 24.0 Å². The van der Waals surface area contributed by atoms with Gasteiger partial charge in [0, 0.05) is 5.56 Å². The minimum absolute atomic E-state index is 0.213. The SMILES string of the molecule is CCCOc1ccc(C(=O)Oc2ccc(C=NNC(=O)CNC(=O)c3cc(OC)c(OC)c(OC)c3)cc2OC)cc1. The van der Waals surface area contributed by atoms with E-state index in [1.165, 1.54) is 46.8 Å². The van der Waals surface area contributed by atoms with E-state index >= 15 is 0 Å². The van der Waals surface area contributed by atoms with Gasteiger partial charge in [-0.15, -0.1) is 0 Å². The van der Waals surface area contributed by atoms with E-state index in [0.29, 0.717) is 46.5 Å². The van der Waals surface area contributed by atoms with Gasteiger partial charge in [0.25, 0.3) is 11.8 Å². The number of benzene rings is 3. The molecule has 0 spiro atoms. The Morgan fingerprint density at radius 2 is 1.45 bits per heavy atom. The van der Waals surface area contributed by atoms with Crippen molar-refractivity contribution in [2.45, 2.75) is 13.3 Å². The van der Waals surface area contributed by atoms with Gasteiger partial charge in [0.05, 0.1) is 53.4 Å². The third-order valence-electron chi connectivity index (χ3n) is 5.69. The number of nitrogens with one attached hydrogen (secondary N) is 2. The van der Waals surface area contributed by atoms with Crippen LogP contribution in [-0.2, 0) is 4.79 Å². The highest BCUT2D eigenvalue weighted by atomic mass is 16.6. The van der Waals surface area contributed by atoms with Crippen LogP contribution in [0.4, 0.5) is 0 Å². The van der Waals surface area contributed by atoms with E-state index < -0.39 is 17.8 Å². The molecule has 0 aliphatic heterocycles. The summed E-state index contributed by atoms with van der Waals surface area (Å²) in [4.78, 5) is 37.4. The van der Waals surface area contributed by atoms with Gasteiger partial charge in [0.2, 0.25) is 5.75 Å². The first-order valence-electron chi connectivity index (χ1n) is 12.9. The highest BCUT2D eigenvalue weighted by Crippen LogP contribution is 2.38. The average molecular weight is 580 g/mol. The van der Waals surface area contributed by atoms with Gasteiger partial charge in [0.15, 0.2) is 23.0 Å². The lowest BCUT2D eigenvalue weighted by Crippen LogP contribution is -2.34. The van der Waals surface area contributed by atoms with E-state index in [-0.39, 0.29) is 17.9 Å². The molecule has 3 aromatic rings. The maximum absolute atomic E-state index is 12.6. The van der Waals surface area contributed by atoms with Crippen LogP contribution in [0.1, 0.15) is 39.6 Å². The minimum atomic E-state index is -0.560. The third-order valence-corrected chi connectivity index (χ3v) is 5.69. The number of rotatable bonds is 14. The van der Waals surface area contributed by atoms with E-state index in [2.05, 4.69) is 15.8 Å². The lowest BCUT2D eigenvalue weighted by atomic mass is 10.1. The molecule has 222 valence electrons. The number of amides is 2. The van der Waals surface area contributed by atoms with Crippen LogP contribution in [0, 0.1) is 0 Å². The smallest absolute Gasteiger partial charge is 0.343 e. The first kappa shape index (κ1) is 31.3. The summed E-state index contributed by atoms with van der Waals surface area (Å²) in [6.45, 7) is 2.26. The van der Waals surface area contributed by atoms with Crippen LogP contribution in [0.25, 0.3) is 0 Å². The molecule has 3 aromatic carbocycles. The molecule has 0 aromatic heterocycles. The number of hydrogen-bond acceptors (Lipinski definition) is 10. The number of hydrazone groups is 1. The molecule has 12 heteroatoms. The Morgan fingerprint density at radius 3 is 2.05 bits per heavy atom. The van der Waals surface area contributed by atoms with Crippen LogP contribution in [0.5, 0.6) is 34.5 Å². The van der Waals surface area contributed by atoms with Crippen LogP contribution in [0.2, 0.25) is 0 Å². The van der Waals surface area contributed by atoms with E-state index in [0.717, 1.165) is 6.42 Å². The molecule has 0 saturated carbocycles. The molecule has 42 heavy (non-hydrogen) atoms. The van der Waals surface area contributed by atoms with Gasteiger partial charge in [-0.3, -0.25) is 9.59 Å². The molecule has 0 atom stereocenters. The highest BCUT2D eigenvalue weighted by molar-refractivity contribution is 5.97. The monoisotopic (exact) mass is 579 g/mol. The fourth-order valence-corrected chi connectivity index (χ4v) is 3.61. The maximum atomic E-state index is 12.6. The van der Waals surface area contributed by atoms with Crippen molar-refractivity contribution in [3.05, 3.63) is 71.3 Å². The summed E-state index contributed by atoms with van der Waals surface area (Å²) in [5.41, 5.74) is 3.46. The molecule has 0 heterocycles. The van der Waals surface area contributed by atoms with Crippen molar-refractivity contribution in [1.29, 1.82) is 0 Å². The van der Waals surface area contributed by atoms with Crippen LogP contribution in [0.15, 0.2) is 59.7 Å². The number of hydrogen-bond donors (Lipinski definition) is 2. The summed E-state index contributed by atoms with van der Waals surface area (Å²) >= 11 is 0. The van der Waals surface area contributed by atoms with Crippen molar-refractivity contribution in [2.75, 3.05) is 41.6 Å². The normalized spacial score (nSPS) is 10.5. The summed E-state index contributed by atoms with van der Waals surface area (Å²) < 4.78 is 32.1. The van der Waals surface area contributed by atoms with Crippen LogP contribution < -0.4 is 39.2 Å². The Balaban J connectivity index is 1.55. The molecule has 0 saturated heterocycles. The highest BCUT2D eigenvalue weighted by Gasteiger charge is 2.17. The predicted octanol–water partition coefficient (Wildman–Crippen LogP) is 3.61. The third kappa shape index (κ3) is 8.37. The lowest BCUT2D eigenvalue weighted by molar-refractivity contribution is -0.120. The predicted molar refractivity (Wildman–Crippen MR) is 154 cm³/mol. The molecular weight excluding hydrogens is 546 g/mol. The molecule has 0 fully saturated rings. The number of nitrogens with zero attached hydrogens (tertiary/aromatic N) is 1. The van der Waals surface area contributed by atoms with Crippen molar-refractivity contribution in [2.24, 2.45) is 5.10 Å². The number of esters is 1. The molecule has 0 radical (unpaired) electrons. The summed E-state index contributed by atoms with van der Waals surface area (Å²) in [5, 5.41) is 6.41. The van der Waals surface area contributed by atoms with Crippen molar-refractivity contribution < 1.29 is 42.8 Å². The minimum Gasteiger partial charge on any atom is -0.494 e. The summed E-state index contributed by atoms with van der Waals surface area (Å²) in [6.07, 6.45) is 2.26. The van der Waals surface area contributed by atoms with Gasteiger partial charge in [-0.1, -0.05) is 6.92 Å². The standard InChI is InChI=1S/C30H33N3O9/c1-6-13-41-22-10-8-20(9-11-22)30(36)42-23-12-7-19(14-24(23)37-2)17-32-33-27(34)18-31-29(35)21-15-25(38-3)28(40-5)26(16-21)39-4/h7-12,14-17H,6,13,18H2,1-5H3,(H,31,35)(H,33,34). The molecular formula is C30H33N3O9. The van der Waals surface area contributed by atoms with Gasteiger partial charge in [-0.25, -0.2) is 10.2 Å². The van der Waals surface area contributed by atoms with Gasteiger partial charge < -0.3 is 33.7 Å². The number of methoxy groups -OCH3 is 4. The second kappa shape index (κ2) is 15.5. The zero-order chi connectivity index (χ0) is 30.5. The fraction of sp³-hybridized carbons (Fsp3) is 0.267. The molecule has 2 N–H and O–H groups in total. The van der Waals surface area contributed by atoms with Gasteiger partial charge in [-0.05, 0) is 66.6 Å². The van der Waals surface area contributed by atoms with E-state index in [1.54, 1.807) is 42.5 Å². The summed E-state index contributed by atoms with van der Waals surface area (Å²) in [5.74, 6) is 0.482. The van der Waals surface area contributed by atoms with Crippen LogP contribution >= 0.6 is 0 Å². The van der Waals surface area contributed by atoms with Crippen molar-refractivity contribution in [1.82, 2.24) is 10.7 Å². The second-order valence-corrected chi connectivity index (χ2v) is 8.56. The Hall–Kier alpha value is -5.26. The zero-order valence-electron chi connectivity index (χ0n) is 24.0. The van der Waals surface area contributed by atoms with Gasteiger partial charge in [0.1, 0.15) is 5.75 Å². The van der Waals surface area contributed by atoms with E-state index in [9.17, 15) is 14.4 Å². The Labute approximate surface area is 243 Å². The molecule has 0 aliphatic rings. The largest absolute Gasteiger partial charge is 0.494 e. The molecule has 12 nitrogen and oxygen atoms in total. The second-order valence-electron chi connectivity index (χ2n) is 8.56. The number of ether oxygens (including phenoxy) is 6. The first-order chi connectivity index (χ1) is 20.3. The van der Waals surface area contributed by atoms with E-state index in [4.69, 9.17) is 28.4 Å². The Morgan fingerprint density at radius 1 is 0.786 bits per heavy atom. The van der Waals surface area contributed by atoms with Crippen molar-refractivity contribution in [3.63, 3.8) is 0 Å². The quantitative estimate of drug-likeness (QED) is 0.127. The average Bonchev–Trinajstić information content (AvgIpc) is 3.02. The zero-order valence-corrected chi connectivity index (χ0v) is 24.0. The topological polar surface area (TPSA) is 143 Å². The molecule has 2 amide bonds. The molecule has 0 unspecified atom stereocenters. The Kier molecular flexibility index (Phi) is 11.5. The molecule has 3 rings (SSSR count). The van der Waals surface area contributed by atoms with Gasteiger partial charge in [-0.2, -0.15) is 5.10 Å². The van der Waals surface area contributed by atoms with E-state index in [1.807, 2.05) is 6.92 Å².